The largest absolute Gasteiger partial charge is 0.496 e. The number of methoxy groups -OCH3 is 1. The first-order valence-electron chi connectivity index (χ1n) is 6.34. The Morgan fingerprint density at radius 3 is 2.47 bits per heavy atom. The van der Waals surface area contributed by atoms with Gasteiger partial charge in [-0.25, -0.2) is 4.98 Å². The molecule has 0 aliphatic carbocycles. The average molecular weight is 250 g/mol. The lowest BCUT2D eigenvalue weighted by Gasteiger charge is -2.05. The van der Waals surface area contributed by atoms with Gasteiger partial charge >= 0.3 is 0 Å². The number of nitrogens with one attached hydrogen (secondary N) is 1. The first kappa shape index (κ1) is 11.7. The standard InChI is InChI=1S/C17H15NO/c1-12-8-9-15-14(10-12)17(19-2)11-16(18-15)13-6-4-3-5-7-13/h3-11H,1-2H3/p+1. The summed E-state index contributed by atoms with van der Waals surface area (Å²) < 4.78 is 5.52. The maximum absolute atomic E-state index is 5.52. The molecule has 1 aromatic heterocycles. The zero-order valence-electron chi connectivity index (χ0n) is 11.1. The Morgan fingerprint density at radius 2 is 1.74 bits per heavy atom. The molecule has 0 saturated heterocycles. The van der Waals surface area contributed by atoms with Gasteiger partial charge in [-0.15, -0.1) is 0 Å². The minimum Gasteiger partial charge on any atom is -0.496 e. The summed E-state index contributed by atoms with van der Waals surface area (Å²) in [6.45, 7) is 2.09. The number of pyridine rings is 1. The SMILES string of the molecule is COc1cc(-c2ccccc2)[nH+]c2ccc(C)cc12. The van der Waals surface area contributed by atoms with E-state index in [1.54, 1.807) is 7.11 Å². The van der Waals surface area contributed by atoms with Gasteiger partial charge in [0.2, 0.25) is 11.2 Å². The maximum atomic E-state index is 5.52. The number of benzene rings is 2. The maximum Gasteiger partial charge on any atom is 0.215 e. The molecule has 3 aromatic rings. The highest BCUT2D eigenvalue weighted by Crippen LogP contribution is 2.27. The fourth-order valence-electron chi connectivity index (χ4n) is 2.30. The second-order valence-corrected chi connectivity index (χ2v) is 4.67. The number of ether oxygens (including phenoxy) is 1. The zero-order valence-corrected chi connectivity index (χ0v) is 11.1. The highest BCUT2D eigenvalue weighted by atomic mass is 16.5. The molecule has 0 radical (unpaired) electrons. The van der Waals surface area contributed by atoms with Crippen molar-refractivity contribution in [2.45, 2.75) is 6.92 Å². The van der Waals surface area contributed by atoms with E-state index in [-0.39, 0.29) is 0 Å². The summed E-state index contributed by atoms with van der Waals surface area (Å²) in [5.41, 5.74) is 4.53. The van der Waals surface area contributed by atoms with Gasteiger partial charge in [-0.3, -0.25) is 0 Å². The molecule has 2 heteroatoms. The molecule has 0 bridgehead atoms. The van der Waals surface area contributed by atoms with E-state index in [1.807, 2.05) is 18.2 Å². The minimum atomic E-state index is 0.899. The van der Waals surface area contributed by atoms with E-state index in [9.17, 15) is 0 Å². The molecule has 19 heavy (non-hydrogen) atoms. The van der Waals surface area contributed by atoms with E-state index >= 15 is 0 Å². The molecule has 1 N–H and O–H groups in total. The van der Waals surface area contributed by atoms with E-state index in [1.165, 1.54) is 5.56 Å². The molecule has 0 spiro atoms. The van der Waals surface area contributed by atoms with Gasteiger partial charge < -0.3 is 4.74 Å². The molecule has 0 aliphatic heterocycles. The van der Waals surface area contributed by atoms with Crippen molar-refractivity contribution in [3.05, 3.63) is 60.2 Å². The van der Waals surface area contributed by atoms with Gasteiger partial charge in [0.1, 0.15) is 5.75 Å². The third kappa shape index (κ3) is 2.17. The second kappa shape index (κ2) is 4.73. The van der Waals surface area contributed by atoms with Crippen LogP contribution in [0.5, 0.6) is 5.75 Å². The van der Waals surface area contributed by atoms with Crippen LogP contribution in [0.1, 0.15) is 5.56 Å². The minimum absolute atomic E-state index is 0.899. The average Bonchev–Trinajstić information content (AvgIpc) is 2.47. The van der Waals surface area contributed by atoms with E-state index in [4.69, 9.17) is 4.74 Å². The van der Waals surface area contributed by atoms with Crippen LogP contribution < -0.4 is 9.72 Å². The fourth-order valence-corrected chi connectivity index (χ4v) is 2.30. The van der Waals surface area contributed by atoms with Gasteiger partial charge in [0, 0.05) is 11.6 Å². The molecule has 0 atom stereocenters. The van der Waals surface area contributed by atoms with Crippen LogP contribution in [0.25, 0.3) is 22.2 Å². The number of rotatable bonds is 2. The van der Waals surface area contributed by atoms with E-state index in [0.717, 1.165) is 27.9 Å². The third-order valence-corrected chi connectivity index (χ3v) is 3.29. The predicted molar refractivity (Wildman–Crippen MR) is 77.2 cm³/mol. The molecule has 2 nitrogen and oxygen atoms in total. The summed E-state index contributed by atoms with van der Waals surface area (Å²) >= 11 is 0. The van der Waals surface area contributed by atoms with Crippen LogP contribution in [0.15, 0.2) is 54.6 Å². The Balaban J connectivity index is 2.26. The Hall–Kier alpha value is -2.35. The summed E-state index contributed by atoms with van der Waals surface area (Å²) in [4.78, 5) is 3.47. The van der Waals surface area contributed by atoms with Gasteiger partial charge in [0.25, 0.3) is 0 Å². The Labute approximate surface area is 112 Å². The molecule has 1 heterocycles. The lowest BCUT2D eigenvalue weighted by Crippen LogP contribution is -2.09. The van der Waals surface area contributed by atoms with Crippen molar-refractivity contribution in [1.29, 1.82) is 0 Å². The Kier molecular flexibility index (Phi) is 2.92. The number of aromatic amines is 1. The van der Waals surface area contributed by atoms with E-state index in [2.05, 4.69) is 48.3 Å². The number of aromatic nitrogens is 1. The van der Waals surface area contributed by atoms with Crippen LogP contribution in [0, 0.1) is 6.92 Å². The van der Waals surface area contributed by atoms with Crippen molar-refractivity contribution in [2.75, 3.05) is 7.11 Å². The van der Waals surface area contributed by atoms with Crippen LogP contribution >= 0.6 is 0 Å². The third-order valence-electron chi connectivity index (χ3n) is 3.29. The van der Waals surface area contributed by atoms with Gasteiger partial charge in [0.05, 0.1) is 18.6 Å². The van der Waals surface area contributed by atoms with Crippen LogP contribution in [-0.2, 0) is 0 Å². The molecular formula is C17H16NO+. The zero-order chi connectivity index (χ0) is 13.2. The van der Waals surface area contributed by atoms with Gasteiger partial charge in [0.15, 0.2) is 0 Å². The molecule has 0 amide bonds. The van der Waals surface area contributed by atoms with Crippen LogP contribution in [0.4, 0.5) is 0 Å². The number of hydrogen-bond donors (Lipinski definition) is 0. The summed E-state index contributed by atoms with van der Waals surface area (Å²) in [6.07, 6.45) is 0. The Bertz CT molecular complexity index is 720. The second-order valence-electron chi connectivity index (χ2n) is 4.67. The highest BCUT2D eigenvalue weighted by Gasteiger charge is 2.13. The van der Waals surface area contributed by atoms with Crippen LogP contribution in [0.3, 0.4) is 0 Å². The van der Waals surface area contributed by atoms with Crippen LogP contribution in [0.2, 0.25) is 0 Å². The number of fused-ring (bicyclic) bond motifs is 1. The molecule has 0 fully saturated rings. The normalized spacial score (nSPS) is 10.6. The first-order valence-corrected chi connectivity index (χ1v) is 6.34. The molecule has 0 saturated carbocycles. The quantitative estimate of drug-likeness (QED) is 0.681. The number of aryl methyl sites for hydroxylation is 1. The number of H-pyrrole nitrogens is 1. The molecular weight excluding hydrogens is 234 g/mol. The topological polar surface area (TPSA) is 23.4 Å². The monoisotopic (exact) mass is 250 g/mol. The molecule has 2 aromatic carbocycles. The molecule has 0 aliphatic rings. The van der Waals surface area contributed by atoms with E-state index < -0.39 is 0 Å². The molecule has 94 valence electrons. The smallest absolute Gasteiger partial charge is 0.215 e. The predicted octanol–water partition coefficient (Wildman–Crippen LogP) is 3.64. The van der Waals surface area contributed by atoms with Gasteiger partial charge in [-0.1, -0.05) is 24.3 Å². The van der Waals surface area contributed by atoms with Crippen molar-refractivity contribution in [3.8, 4) is 17.0 Å². The lowest BCUT2D eigenvalue weighted by atomic mass is 10.1. The summed E-state index contributed by atoms with van der Waals surface area (Å²) in [5.74, 6) is 0.899. The molecule has 3 rings (SSSR count). The van der Waals surface area contributed by atoms with Crippen molar-refractivity contribution in [1.82, 2.24) is 0 Å². The van der Waals surface area contributed by atoms with Crippen molar-refractivity contribution in [2.24, 2.45) is 0 Å². The van der Waals surface area contributed by atoms with E-state index in [0.29, 0.717) is 0 Å². The summed E-state index contributed by atoms with van der Waals surface area (Å²) in [5, 5.41) is 1.11. The fraction of sp³-hybridized carbons (Fsp3) is 0.118. The van der Waals surface area contributed by atoms with Crippen LogP contribution in [-0.4, -0.2) is 7.11 Å². The van der Waals surface area contributed by atoms with Gasteiger partial charge in [-0.05, 0) is 30.7 Å². The first-order chi connectivity index (χ1) is 9.28. The van der Waals surface area contributed by atoms with Gasteiger partial charge in [-0.2, -0.15) is 0 Å². The van der Waals surface area contributed by atoms with Crippen molar-refractivity contribution < 1.29 is 9.72 Å². The summed E-state index contributed by atoms with van der Waals surface area (Å²) in [6, 6.07) is 18.7. The Morgan fingerprint density at radius 1 is 0.947 bits per heavy atom. The number of hydrogen-bond acceptors (Lipinski definition) is 1. The lowest BCUT2D eigenvalue weighted by molar-refractivity contribution is -0.331. The molecule has 0 unspecified atom stereocenters. The van der Waals surface area contributed by atoms with Crippen molar-refractivity contribution >= 4 is 10.9 Å². The summed E-state index contributed by atoms with van der Waals surface area (Å²) in [7, 11) is 1.71. The highest BCUT2D eigenvalue weighted by molar-refractivity contribution is 5.84. The van der Waals surface area contributed by atoms with Crippen molar-refractivity contribution in [3.63, 3.8) is 0 Å².